The summed E-state index contributed by atoms with van der Waals surface area (Å²) in [6.45, 7) is 4.50. The van der Waals surface area contributed by atoms with Gasteiger partial charge in [-0.15, -0.1) is 13.2 Å². The van der Waals surface area contributed by atoms with E-state index >= 15 is 0 Å². The molecular formula is C27H24F3NO3. The van der Waals surface area contributed by atoms with Gasteiger partial charge in [-0.1, -0.05) is 55.1 Å². The normalized spacial score (nSPS) is 22.3. The largest absolute Gasteiger partial charge is 0.573 e. The second kappa shape index (κ2) is 9.74. The standard InChI is InChI=1S/C27H24F3NO3/c1-17-9-10-18(2)26(17)21-12-11-20(16-19(21)6-5-15-32)24-14-13-23(31-34-24)22-7-3-4-8-25(22)33-27(28,29)30/h3-8,11-13,15-18,26H,9-10H2,1-2H3/b6-5+. The molecule has 1 fully saturated rings. The smallest absolute Gasteiger partial charge is 0.405 e. The first-order chi connectivity index (χ1) is 16.3. The average molecular weight is 467 g/mol. The molecule has 0 spiro atoms. The average Bonchev–Trinajstić information content (AvgIpc) is 3.14. The molecule has 2 unspecified atom stereocenters. The lowest BCUT2D eigenvalue weighted by Gasteiger charge is -2.23. The van der Waals surface area contributed by atoms with Crippen molar-refractivity contribution in [3.05, 3.63) is 82.6 Å². The van der Waals surface area contributed by atoms with Crippen LogP contribution in [0.25, 0.3) is 11.8 Å². The molecule has 0 radical (unpaired) electrons. The number of para-hydroxylation sites is 1. The number of ether oxygens (including phenoxy) is 1. The maximum absolute atomic E-state index is 12.7. The lowest BCUT2D eigenvalue weighted by atomic mass is 9.81. The summed E-state index contributed by atoms with van der Waals surface area (Å²) in [7, 11) is 0. The van der Waals surface area contributed by atoms with Crippen LogP contribution in [-0.2, 0) is 9.63 Å². The molecule has 0 amide bonds. The quantitative estimate of drug-likeness (QED) is 0.264. The Morgan fingerprint density at radius 3 is 2.50 bits per heavy atom. The molecule has 0 saturated heterocycles. The minimum absolute atomic E-state index is 0.139. The van der Waals surface area contributed by atoms with E-state index in [1.807, 2.05) is 18.2 Å². The van der Waals surface area contributed by atoms with E-state index in [0.717, 1.165) is 11.8 Å². The zero-order chi connectivity index (χ0) is 24.3. The minimum atomic E-state index is -4.82. The SMILES string of the molecule is CC1CCC(C)C1c1ccc(C2=C=CC(c3ccccc3OC(F)(F)F)=NO2)cc1/C=C/C=O. The summed E-state index contributed by atoms with van der Waals surface area (Å²) >= 11 is 0. The van der Waals surface area contributed by atoms with Gasteiger partial charge < -0.3 is 9.57 Å². The lowest BCUT2D eigenvalue weighted by molar-refractivity contribution is -0.274. The molecule has 0 aromatic heterocycles. The second-order valence-corrected chi connectivity index (χ2v) is 8.63. The molecule has 1 saturated carbocycles. The van der Waals surface area contributed by atoms with Crippen LogP contribution in [0.5, 0.6) is 5.75 Å². The first-order valence-electron chi connectivity index (χ1n) is 11.1. The monoisotopic (exact) mass is 467 g/mol. The lowest BCUT2D eigenvalue weighted by Crippen LogP contribution is -2.19. The molecule has 4 rings (SSSR count). The Balaban J connectivity index is 1.66. The van der Waals surface area contributed by atoms with Gasteiger partial charge in [0.2, 0.25) is 5.76 Å². The molecule has 34 heavy (non-hydrogen) atoms. The molecule has 2 aromatic rings. The number of allylic oxidation sites excluding steroid dienone is 2. The highest BCUT2D eigenvalue weighted by molar-refractivity contribution is 6.11. The molecule has 0 N–H and O–H groups in total. The van der Waals surface area contributed by atoms with Crippen LogP contribution in [0.2, 0.25) is 0 Å². The number of halogens is 3. The summed E-state index contributed by atoms with van der Waals surface area (Å²) in [6.07, 6.45) is 2.97. The summed E-state index contributed by atoms with van der Waals surface area (Å²) in [5, 5.41) is 4.00. The van der Waals surface area contributed by atoms with Crippen LogP contribution >= 0.6 is 0 Å². The molecule has 7 heteroatoms. The molecule has 1 heterocycles. The van der Waals surface area contributed by atoms with E-state index in [4.69, 9.17) is 4.84 Å². The van der Waals surface area contributed by atoms with Gasteiger partial charge in [-0.2, -0.15) is 0 Å². The summed E-state index contributed by atoms with van der Waals surface area (Å²) in [4.78, 5) is 16.5. The van der Waals surface area contributed by atoms with E-state index in [2.05, 4.69) is 29.5 Å². The van der Waals surface area contributed by atoms with E-state index in [1.54, 1.807) is 12.1 Å². The molecule has 2 aromatic carbocycles. The molecule has 2 atom stereocenters. The van der Waals surface area contributed by atoms with Crippen molar-refractivity contribution in [1.82, 2.24) is 0 Å². The van der Waals surface area contributed by atoms with Gasteiger partial charge in [0.05, 0.1) is 0 Å². The Bertz CT molecular complexity index is 1200. The van der Waals surface area contributed by atoms with E-state index < -0.39 is 6.36 Å². The third-order valence-corrected chi connectivity index (χ3v) is 6.33. The minimum Gasteiger partial charge on any atom is -0.405 e. The molecule has 176 valence electrons. The zero-order valence-electron chi connectivity index (χ0n) is 18.8. The van der Waals surface area contributed by atoms with Crippen molar-refractivity contribution in [2.45, 2.75) is 39.0 Å². The number of hydrogen-bond acceptors (Lipinski definition) is 4. The fraction of sp³-hybridized carbons (Fsp3) is 0.296. The van der Waals surface area contributed by atoms with Gasteiger partial charge in [0.15, 0.2) is 0 Å². The van der Waals surface area contributed by atoms with E-state index in [1.165, 1.54) is 48.8 Å². The number of oxime groups is 1. The number of carbonyl (C=O) groups excluding carboxylic acids is 1. The molecule has 0 bridgehead atoms. The fourth-order valence-corrected chi connectivity index (χ4v) is 4.80. The zero-order valence-corrected chi connectivity index (χ0v) is 18.8. The Hall–Kier alpha value is -3.57. The third kappa shape index (κ3) is 5.15. The Morgan fingerprint density at radius 2 is 1.85 bits per heavy atom. The van der Waals surface area contributed by atoms with Gasteiger partial charge in [0.25, 0.3) is 0 Å². The molecule has 2 aliphatic rings. The van der Waals surface area contributed by atoms with Crippen molar-refractivity contribution in [2.24, 2.45) is 17.0 Å². The van der Waals surface area contributed by atoms with Crippen LogP contribution in [0.3, 0.4) is 0 Å². The van der Waals surface area contributed by atoms with E-state index in [9.17, 15) is 18.0 Å². The number of nitrogens with zero attached hydrogens (tertiary/aromatic N) is 1. The molecule has 4 nitrogen and oxygen atoms in total. The fourth-order valence-electron chi connectivity index (χ4n) is 4.80. The number of aldehydes is 1. The van der Waals surface area contributed by atoms with Crippen LogP contribution in [0.1, 0.15) is 54.9 Å². The third-order valence-electron chi connectivity index (χ3n) is 6.33. The van der Waals surface area contributed by atoms with Crippen molar-refractivity contribution in [3.63, 3.8) is 0 Å². The van der Waals surface area contributed by atoms with E-state index in [-0.39, 0.29) is 17.0 Å². The van der Waals surface area contributed by atoms with Crippen molar-refractivity contribution in [1.29, 1.82) is 0 Å². The van der Waals surface area contributed by atoms with Crippen molar-refractivity contribution in [2.75, 3.05) is 0 Å². The molecule has 1 aliphatic carbocycles. The Morgan fingerprint density at radius 1 is 1.12 bits per heavy atom. The van der Waals surface area contributed by atoms with Crippen LogP contribution in [0.4, 0.5) is 13.2 Å². The predicted molar refractivity (Wildman–Crippen MR) is 124 cm³/mol. The number of rotatable bonds is 6. The van der Waals surface area contributed by atoms with Gasteiger partial charge in [-0.3, -0.25) is 4.79 Å². The van der Waals surface area contributed by atoms with E-state index in [0.29, 0.717) is 29.1 Å². The molecule has 1 aliphatic heterocycles. The Labute approximate surface area is 196 Å². The van der Waals surface area contributed by atoms with Gasteiger partial charge in [-0.05, 0) is 66.0 Å². The first kappa shape index (κ1) is 23.6. The van der Waals surface area contributed by atoms with Gasteiger partial charge in [0, 0.05) is 17.2 Å². The number of alkyl halides is 3. The Kier molecular flexibility index (Phi) is 6.75. The summed E-state index contributed by atoms with van der Waals surface area (Å²) in [5.74, 6) is 1.44. The number of hydrogen-bond donors (Lipinski definition) is 0. The summed E-state index contributed by atoms with van der Waals surface area (Å²) < 4.78 is 42.3. The van der Waals surface area contributed by atoms with Gasteiger partial charge in [-0.25, -0.2) is 0 Å². The van der Waals surface area contributed by atoms with Crippen LogP contribution in [-0.4, -0.2) is 18.4 Å². The topological polar surface area (TPSA) is 47.9 Å². The first-order valence-corrected chi connectivity index (χ1v) is 11.1. The highest BCUT2D eigenvalue weighted by atomic mass is 19.4. The van der Waals surface area contributed by atoms with Crippen molar-refractivity contribution >= 4 is 23.8 Å². The van der Waals surface area contributed by atoms with Gasteiger partial charge in [0.1, 0.15) is 17.7 Å². The number of benzene rings is 2. The van der Waals surface area contributed by atoms with Crippen molar-refractivity contribution in [3.8, 4) is 5.75 Å². The van der Waals surface area contributed by atoms with Crippen LogP contribution in [0, 0.1) is 11.8 Å². The van der Waals surface area contributed by atoms with Crippen LogP contribution in [0.15, 0.2) is 65.5 Å². The maximum Gasteiger partial charge on any atom is 0.573 e. The number of carbonyl (C=O) groups is 1. The highest BCUT2D eigenvalue weighted by Crippen LogP contribution is 2.45. The van der Waals surface area contributed by atoms with Crippen LogP contribution < -0.4 is 4.74 Å². The predicted octanol–water partition coefficient (Wildman–Crippen LogP) is 6.88. The summed E-state index contributed by atoms with van der Waals surface area (Å²) in [5.41, 5.74) is 6.08. The summed E-state index contributed by atoms with van der Waals surface area (Å²) in [6, 6.07) is 11.6. The molecular weight excluding hydrogens is 443 g/mol. The highest BCUT2D eigenvalue weighted by Gasteiger charge is 2.33. The van der Waals surface area contributed by atoms with Crippen molar-refractivity contribution < 1.29 is 27.5 Å². The van der Waals surface area contributed by atoms with Gasteiger partial charge >= 0.3 is 6.36 Å². The maximum atomic E-state index is 12.7. The second-order valence-electron chi connectivity index (χ2n) is 8.63.